The Labute approximate surface area is 185 Å². The standard InChI is InChI=1S/2C11H12ClNO2/c2*1-3-8-6(2)10-7(11(14)15-8)4-5-9(12)13-10/h2*4-6,8H,3H2,1-2H3/t2*6-,8-/m10/s1. The Hall–Kier alpha value is -2.18. The van der Waals surface area contributed by atoms with Crippen LogP contribution in [-0.2, 0) is 9.47 Å². The van der Waals surface area contributed by atoms with Gasteiger partial charge in [-0.15, -0.1) is 0 Å². The second-order valence-corrected chi connectivity index (χ2v) is 8.19. The molecule has 0 saturated heterocycles. The van der Waals surface area contributed by atoms with E-state index in [1.54, 1.807) is 24.3 Å². The lowest BCUT2D eigenvalue weighted by molar-refractivity contribution is 0.0166. The number of nitrogens with zero attached hydrogens (tertiary/aromatic N) is 2. The fourth-order valence-corrected chi connectivity index (χ4v) is 4.08. The number of hydrogen-bond donors (Lipinski definition) is 0. The molecule has 0 spiro atoms. The Morgan fingerprint density at radius 1 is 0.767 bits per heavy atom. The molecule has 0 amide bonds. The lowest BCUT2D eigenvalue weighted by Gasteiger charge is -2.28. The predicted molar refractivity (Wildman–Crippen MR) is 114 cm³/mol. The molecule has 6 nitrogen and oxygen atoms in total. The molecule has 8 heteroatoms. The SMILES string of the molecule is CC[C@@H]1OC(=O)c2ccc(Cl)nc2[C@H]1C.CC[C@H]1OC(=O)c2ccc(Cl)nc2[C@@H]1C. The van der Waals surface area contributed by atoms with Gasteiger partial charge in [0.1, 0.15) is 22.5 Å². The Morgan fingerprint density at radius 2 is 1.13 bits per heavy atom. The molecule has 0 saturated carbocycles. The number of aromatic nitrogens is 2. The van der Waals surface area contributed by atoms with Gasteiger partial charge >= 0.3 is 11.9 Å². The maximum atomic E-state index is 11.6. The minimum Gasteiger partial charge on any atom is -0.458 e. The molecule has 2 aliphatic heterocycles. The lowest BCUT2D eigenvalue weighted by atomic mass is 9.92. The van der Waals surface area contributed by atoms with Crippen molar-refractivity contribution < 1.29 is 19.1 Å². The zero-order valence-electron chi connectivity index (χ0n) is 17.3. The number of ether oxygens (including phenoxy) is 2. The Kier molecular flexibility index (Phi) is 6.98. The largest absolute Gasteiger partial charge is 0.458 e. The molecular formula is C22H24Cl2N2O4. The van der Waals surface area contributed by atoms with E-state index >= 15 is 0 Å². The number of hydrogen-bond acceptors (Lipinski definition) is 6. The quantitative estimate of drug-likeness (QED) is 0.439. The van der Waals surface area contributed by atoms with E-state index in [9.17, 15) is 9.59 Å². The topological polar surface area (TPSA) is 78.4 Å². The van der Waals surface area contributed by atoms with Crippen molar-refractivity contribution in [3.63, 3.8) is 0 Å². The van der Waals surface area contributed by atoms with Crippen LogP contribution in [0.15, 0.2) is 24.3 Å². The first-order valence-electron chi connectivity index (χ1n) is 10.0. The summed E-state index contributed by atoms with van der Waals surface area (Å²) in [6, 6.07) is 6.58. The van der Waals surface area contributed by atoms with Crippen LogP contribution in [0, 0.1) is 0 Å². The normalized spacial score (nSPS) is 24.6. The van der Waals surface area contributed by atoms with E-state index in [4.69, 9.17) is 32.7 Å². The summed E-state index contributed by atoms with van der Waals surface area (Å²) in [6.07, 6.45) is 1.41. The van der Waals surface area contributed by atoms with Crippen molar-refractivity contribution in [2.24, 2.45) is 0 Å². The van der Waals surface area contributed by atoms with E-state index in [0.717, 1.165) is 24.2 Å². The number of esters is 2. The summed E-state index contributed by atoms with van der Waals surface area (Å²) in [5.74, 6) is -0.360. The Morgan fingerprint density at radius 3 is 1.47 bits per heavy atom. The number of carbonyl (C=O) groups excluding carboxylic acids is 2. The second-order valence-electron chi connectivity index (χ2n) is 7.41. The highest BCUT2D eigenvalue weighted by Gasteiger charge is 2.34. The summed E-state index contributed by atoms with van der Waals surface area (Å²) in [6.45, 7) is 7.99. The molecule has 0 unspecified atom stereocenters. The fraction of sp³-hybridized carbons (Fsp3) is 0.455. The van der Waals surface area contributed by atoms with Crippen LogP contribution in [-0.4, -0.2) is 34.1 Å². The molecule has 0 aliphatic carbocycles. The molecule has 4 rings (SSSR count). The van der Waals surface area contributed by atoms with Crippen molar-refractivity contribution in [1.82, 2.24) is 9.97 Å². The molecule has 160 valence electrons. The van der Waals surface area contributed by atoms with Crippen molar-refractivity contribution in [1.29, 1.82) is 0 Å². The molecule has 2 aromatic rings. The monoisotopic (exact) mass is 450 g/mol. The van der Waals surface area contributed by atoms with Gasteiger partial charge in [0, 0.05) is 11.8 Å². The smallest absolute Gasteiger partial charge is 0.340 e. The first-order chi connectivity index (χ1) is 14.3. The molecule has 4 atom stereocenters. The van der Waals surface area contributed by atoms with Crippen LogP contribution in [0.25, 0.3) is 0 Å². The van der Waals surface area contributed by atoms with Gasteiger partial charge in [-0.2, -0.15) is 0 Å². The van der Waals surface area contributed by atoms with Crippen LogP contribution in [0.1, 0.15) is 84.5 Å². The summed E-state index contributed by atoms with van der Waals surface area (Å²) in [5, 5.41) is 0.843. The summed E-state index contributed by atoms with van der Waals surface area (Å²) in [7, 11) is 0. The molecule has 2 aromatic heterocycles. The summed E-state index contributed by atoms with van der Waals surface area (Å²) in [5.41, 5.74) is 2.59. The summed E-state index contributed by atoms with van der Waals surface area (Å²) in [4.78, 5) is 31.6. The number of fused-ring (bicyclic) bond motifs is 2. The molecule has 0 N–H and O–H groups in total. The summed E-state index contributed by atoms with van der Waals surface area (Å²) >= 11 is 11.6. The summed E-state index contributed by atoms with van der Waals surface area (Å²) < 4.78 is 10.6. The second kappa shape index (κ2) is 9.31. The third-order valence-electron chi connectivity index (χ3n) is 5.52. The van der Waals surface area contributed by atoms with Crippen molar-refractivity contribution in [2.75, 3.05) is 0 Å². The van der Waals surface area contributed by atoms with E-state index in [2.05, 4.69) is 9.97 Å². The van der Waals surface area contributed by atoms with Crippen LogP contribution in [0.2, 0.25) is 10.3 Å². The van der Waals surface area contributed by atoms with Gasteiger partial charge in [0.15, 0.2) is 0 Å². The van der Waals surface area contributed by atoms with Crippen molar-refractivity contribution in [3.05, 3.63) is 57.1 Å². The highest BCUT2D eigenvalue weighted by Crippen LogP contribution is 2.33. The Bertz CT molecular complexity index is 889. The van der Waals surface area contributed by atoms with Gasteiger partial charge in [-0.1, -0.05) is 50.9 Å². The average Bonchev–Trinajstić information content (AvgIpc) is 2.73. The van der Waals surface area contributed by atoms with E-state index in [1.165, 1.54) is 0 Å². The van der Waals surface area contributed by atoms with Gasteiger partial charge in [-0.05, 0) is 37.1 Å². The number of cyclic esters (lactones) is 2. The molecular weight excluding hydrogens is 427 g/mol. The minimum absolute atomic E-state index is 0.0871. The molecule has 2 aliphatic rings. The van der Waals surface area contributed by atoms with E-state index in [0.29, 0.717) is 21.4 Å². The molecule has 0 fully saturated rings. The zero-order valence-corrected chi connectivity index (χ0v) is 18.8. The average molecular weight is 451 g/mol. The molecule has 0 radical (unpaired) electrons. The highest BCUT2D eigenvalue weighted by atomic mass is 35.5. The first kappa shape index (κ1) is 22.5. The predicted octanol–water partition coefficient (Wildman–Crippen LogP) is 5.58. The number of pyridine rings is 2. The van der Waals surface area contributed by atoms with Gasteiger partial charge in [-0.3, -0.25) is 0 Å². The molecule has 0 bridgehead atoms. The van der Waals surface area contributed by atoms with Gasteiger partial charge in [0.05, 0.1) is 22.5 Å². The van der Waals surface area contributed by atoms with Crippen LogP contribution in [0.3, 0.4) is 0 Å². The highest BCUT2D eigenvalue weighted by molar-refractivity contribution is 6.29. The molecule has 30 heavy (non-hydrogen) atoms. The maximum absolute atomic E-state index is 11.6. The number of halogens is 2. The zero-order chi connectivity index (χ0) is 22.0. The minimum atomic E-state index is -0.292. The van der Waals surface area contributed by atoms with E-state index in [1.807, 2.05) is 27.7 Å². The Balaban J connectivity index is 0.000000171. The third kappa shape index (κ3) is 4.44. The van der Waals surface area contributed by atoms with Crippen LogP contribution >= 0.6 is 23.2 Å². The van der Waals surface area contributed by atoms with Gasteiger partial charge in [0.2, 0.25) is 0 Å². The van der Waals surface area contributed by atoms with Gasteiger partial charge in [0.25, 0.3) is 0 Å². The van der Waals surface area contributed by atoms with Crippen molar-refractivity contribution >= 4 is 35.1 Å². The number of rotatable bonds is 2. The van der Waals surface area contributed by atoms with Crippen molar-refractivity contribution in [3.8, 4) is 0 Å². The van der Waals surface area contributed by atoms with Crippen LogP contribution in [0.5, 0.6) is 0 Å². The van der Waals surface area contributed by atoms with Crippen LogP contribution < -0.4 is 0 Å². The maximum Gasteiger partial charge on any atom is 0.340 e. The van der Waals surface area contributed by atoms with Crippen LogP contribution in [0.4, 0.5) is 0 Å². The van der Waals surface area contributed by atoms with E-state index < -0.39 is 0 Å². The first-order valence-corrected chi connectivity index (χ1v) is 10.8. The van der Waals surface area contributed by atoms with Gasteiger partial charge < -0.3 is 9.47 Å². The third-order valence-corrected chi connectivity index (χ3v) is 5.94. The lowest BCUT2D eigenvalue weighted by Crippen LogP contribution is -2.31. The number of carbonyl (C=O) groups is 2. The van der Waals surface area contributed by atoms with Crippen molar-refractivity contribution in [2.45, 2.75) is 64.6 Å². The van der Waals surface area contributed by atoms with E-state index in [-0.39, 0.29) is 36.0 Å². The molecule has 0 aromatic carbocycles. The van der Waals surface area contributed by atoms with Gasteiger partial charge in [-0.25, -0.2) is 19.6 Å². The fourth-order valence-electron chi connectivity index (χ4n) is 3.77. The molecule has 4 heterocycles.